The van der Waals surface area contributed by atoms with Crippen molar-refractivity contribution >= 4 is 64.4 Å². The summed E-state index contributed by atoms with van der Waals surface area (Å²) in [5, 5.41) is 5.57. The van der Waals surface area contributed by atoms with Crippen molar-refractivity contribution in [1.29, 1.82) is 0 Å². The average Bonchev–Trinajstić information content (AvgIpc) is 3.82. The van der Waals surface area contributed by atoms with E-state index in [9.17, 15) is 0 Å². The Morgan fingerprint density at radius 2 is 0.981 bits per heavy atom. The molecule has 252 valence electrons. The number of thiophene rings is 1. The maximum Gasteiger partial charge on any atom is 0.161 e. The van der Waals surface area contributed by atoms with Crippen molar-refractivity contribution < 1.29 is 4.42 Å². The summed E-state index contributed by atoms with van der Waals surface area (Å²) in [6.07, 6.45) is 0. The number of para-hydroxylation sites is 1. The molecule has 8 aromatic carbocycles. The Morgan fingerprint density at radius 3 is 1.74 bits per heavy atom. The van der Waals surface area contributed by atoms with Crippen molar-refractivity contribution in [3.63, 3.8) is 0 Å². The van der Waals surface area contributed by atoms with Gasteiger partial charge in [0, 0.05) is 32.0 Å². The molecule has 0 unspecified atom stereocenters. The third-order valence-electron chi connectivity index (χ3n) is 10.5. The molecule has 0 saturated heterocycles. The van der Waals surface area contributed by atoms with E-state index in [2.05, 4.69) is 164 Å². The van der Waals surface area contributed by atoms with Crippen molar-refractivity contribution in [3.8, 4) is 56.0 Å². The highest BCUT2D eigenvalue weighted by atomic mass is 32.1. The third-order valence-corrected chi connectivity index (χ3v) is 11.7. The zero-order valence-corrected chi connectivity index (χ0v) is 29.8. The smallest absolute Gasteiger partial charge is 0.161 e. The van der Waals surface area contributed by atoms with Gasteiger partial charge in [-0.05, 0) is 80.6 Å². The van der Waals surface area contributed by atoms with Crippen LogP contribution in [0.25, 0.3) is 109 Å². The van der Waals surface area contributed by atoms with Gasteiger partial charge in [0.25, 0.3) is 0 Å². The van der Waals surface area contributed by atoms with Gasteiger partial charge in [-0.3, -0.25) is 0 Å². The monoisotopic (exact) mass is 706 g/mol. The Balaban J connectivity index is 1.13. The number of furan rings is 1. The molecular weight excluding hydrogens is 677 g/mol. The van der Waals surface area contributed by atoms with Crippen LogP contribution >= 0.6 is 11.3 Å². The molecule has 0 spiro atoms. The van der Waals surface area contributed by atoms with Crippen LogP contribution in [0.1, 0.15) is 0 Å². The average molecular weight is 707 g/mol. The summed E-state index contributed by atoms with van der Waals surface area (Å²) in [6, 6.07) is 64.4. The molecule has 0 bridgehead atoms. The lowest BCUT2D eigenvalue weighted by Crippen LogP contribution is -1.95. The molecule has 0 aliphatic rings. The standard InChI is InChI=1S/C50H30N2OS/c1-3-11-31(12-4-1)33-19-21-34(22-20-33)39-29-42(46-40-15-7-9-17-43(40)53-44(46)30-39)50-51-47(49-48(52-50)41-16-8-10-18-45(41)54-49)38-26-25-36-27-35(23-24-37(36)28-38)32-13-5-2-6-14-32/h1-30H. The molecule has 0 amide bonds. The van der Waals surface area contributed by atoms with Crippen LogP contribution in [-0.4, -0.2) is 9.97 Å². The van der Waals surface area contributed by atoms with E-state index < -0.39 is 0 Å². The van der Waals surface area contributed by atoms with Crippen LogP contribution in [0.2, 0.25) is 0 Å². The van der Waals surface area contributed by atoms with Crippen molar-refractivity contribution in [2.24, 2.45) is 0 Å². The van der Waals surface area contributed by atoms with E-state index in [0.717, 1.165) is 65.5 Å². The maximum absolute atomic E-state index is 6.56. The second kappa shape index (κ2) is 12.4. The summed E-state index contributed by atoms with van der Waals surface area (Å²) in [7, 11) is 0. The molecule has 3 nitrogen and oxygen atoms in total. The van der Waals surface area contributed by atoms with E-state index >= 15 is 0 Å². The van der Waals surface area contributed by atoms with Gasteiger partial charge in [-0.2, -0.15) is 0 Å². The van der Waals surface area contributed by atoms with Crippen LogP contribution in [-0.2, 0) is 0 Å². The van der Waals surface area contributed by atoms with Gasteiger partial charge < -0.3 is 4.42 Å². The molecule has 0 atom stereocenters. The number of aromatic nitrogens is 2. The SMILES string of the molecule is c1ccc(-c2ccc(-c3cc(-c4nc(-c5ccc6cc(-c7ccccc7)ccc6c5)c5sc6ccccc6c5n4)c4c(c3)oc3ccccc34)cc2)cc1. The topological polar surface area (TPSA) is 38.9 Å². The highest BCUT2D eigenvalue weighted by Gasteiger charge is 2.21. The van der Waals surface area contributed by atoms with Gasteiger partial charge >= 0.3 is 0 Å². The minimum Gasteiger partial charge on any atom is -0.456 e. The fourth-order valence-corrected chi connectivity index (χ4v) is 8.95. The highest BCUT2D eigenvalue weighted by molar-refractivity contribution is 7.26. The van der Waals surface area contributed by atoms with Crippen molar-refractivity contribution in [1.82, 2.24) is 9.97 Å². The molecule has 3 heterocycles. The number of hydrogen-bond donors (Lipinski definition) is 0. The normalized spacial score (nSPS) is 11.7. The molecule has 54 heavy (non-hydrogen) atoms. The largest absolute Gasteiger partial charge is 0.456 e. The van der Waals surface area contributed by atoms with Crippen LogP contribution in [0.5, 0.6) is 0 Å². The van der Waals surface area contributed by atoms with E-state index in [1.807, 2.05) is 18.2 Å². The Hall–Kier alpha value is -6.88. The van der Waals surface area contributed by atoms with Crippen LogP contribution < -0.4 is 0 Å². The van der Waals surface area contributed by atoms with Gasteiger partial charge in [0.05, 0.1) is 15.9 Å². The molecule has 11 rings (SSSR count). The van der Waals surface area contributed by atoms with E-state index in [1.54, 1.807) is 11.3 Å². The molecular formula is C50H30N2OS. The molecule has 0 fully saturated rings. The van der Waals surface area contributed by atoms with E-state index in [-0.39, 0.29) is 0 Å². The summed E-state index contributed by atoms with van der Waals surface area (Å²) in [5.74, 6) is 0.680. The first-order valence-corrected chi connectivity index (χ1v) is 19.0. The number of fused-ring (bicyclic) bond motifs is 7. The predicted octanol–water partition coefficient (Wildman–Crippen LogP) is 14.2. The zero-order valence-electron chi connectivity index (χ0n) is 29.0. The Labute approximate surface area is 315 Å². The van der Waals surface area contributed by atoms with Crippen molar-refractivity contribution in [3.05, 3.63) is 182 Å². The molecule has 0 aliphatic heterocycles. The second-order valence-electron chi connectivity index (χ2n) is 13.8. The first kappa shape index (κ1) is 30.7. The Bertz CT molecular complexity index is 3200. The van der Waals surface area contributed by atoms with E-state index in [1.165, 1.54) is 37.7 Å². The fraction of sp³-hybridized carbons (Fsp3) is 0. The molecule has 0 N–H and O–H groups in total. The lowest BCUT2D eigenvalue weighted by molar-refractivity contribution is 0.669. The van der Waals surface area contributed by atoms with Crippen LogP contribution in [0, 0.1) is 0 Å². The number of nitrogens with zero attached hydrogens (tertiary/aromatic N) is 2. The summed E-state index contributed by atoms with van der Waals surface area (Å²) in [4.78, 5) is 10.9. The minimum absolute atomic E-state index is 0.680. The second-order valence-corrected chi connectivity index (χ2v) is 14.8. The van der Waals surface area contributed by atoms with Gasteiger partial charge in [-0.15, -0.1) is 11.3 Å². The minimum atomic E-state index is 0.680. The first-order chi connectivity index (χ1) is 26.7. The Kier molecular flexibility index (Phi) is 7.04. The van der Waals surface area contributed by atoms with Gasteiger partial charge in [-0.1, -0.05) is 146 Å². The first-order valence-electron chi connectivity index (χ1n) is 18.1. The number of hydrogen-bond acceptors (Lipinski definition) is 4. The fourth-order valence-electron chi connectivity index (χ4n) is 7.79. The van der Waals surface area contributed by atoms with E-state index in [4.69, 9.17) is 14.4 Å². The molecule has 0 saturated carbocycles. The zero-order chi connectivity index (χ0) is 35.6. The summed E-state index contributed by atoms with van der Waals surface area (Å²) < 4.78 is 8.84. The van der Waals surface area contributed by atoms with Crippen LogP contribution in [0.4, 0.5) is 0 Å². The van der Waals surface area contributed by atoms with Crippen LogP contribution in [0.15, 0.2) is 186 Å². The lowest BCUT2D eigenvalue weighted by Gasteiger charge is -2.12. The van der Waals surface area contributed by atoms with Crippen molar-refractivity contribution in [2.45, 2.75) is 0 Å². The predicted molar refractivity (Wildman–Crippen MR) is 227 cm³/mol. The lowest BCUT2D eigenvalue weighted by atomic mass is 9.96. The van der Waals surface area contributed by atoms with Gasteiger partial charge in [-0.25, -0.2) is 9.97 Å². The van der Waals surface area contributed by atoms with E-state index in [0.29, 0.717) is 5.82 Å². The van der Waals surface area contributed by atoms with Gasteiger partial charge in [0.2, 0.25) is 0 Å². The van der Waals surface area contributed by atoms with Gasteiger partial charge in [0.15, 0.2) is 5.82 Å². The number of rotatable bonds is 5. The van der Waals surface area contributed by atoms with Crippen LogP contribution in [0.3, 0.4) is 0 Å². The van der Waals surface area contributed by atoms with Crippen molar-refractivity contribution in [2.75, 3.05) is 0 Å². The molecule has 3 aromatic heterocycles. The van der Waals surface area contributed by atoms with Gasteiger partial charge in [0.1, 0.15) is 11.2 Å². The molecule has 4 heteroatoms. The number of benzene rings is 8. The summed E-state index contributed by atoms with van der Waals surface area (Å²) in [6.45, 7) is 0. The Morgan fingerprint density at radius 1 is 0.407 bits per heavy atom. The molecule has 0 aliphatic carbocycles. The quantitative estimate of drug-likeness (QED) is 0.179. The third kappa shape index (κ3) is 5.11. The summed E-state index contributed by atoms with van der Waals surface area (Å²) >= 11 is 1.76. The molecule has 0 radical (unpaired) electrons. The summed E-state index contributed by atoms with van der Waals surface area (Å²) in [5.41, 5.74) is 12.5. The maximum atomic E-state index is 6.56. The highest BCUT2D eigenvalue weighted by Crippen LogP contribution is 2.44. The molecule has 11 aromatic rings.